The van der Waals surface area contributed by atoms with Crippen molar-refractivity contribution >= 4 is 22.3 Å². The van der Waals surface area contributed by atoms with Crippen LogP contribution in [0.5, 0.6) is 0 Å². The van der Waals surface area contributed by atoms with E-state index in [1.54, 1.807) is 18.2 Å². The fraction of sp³-hybridized carbons (Fsp3) is 0. The molecule has 0 saturated heterocycles. The molecule has 0 unspecified atom stereocenters. The van der Waals surface area contributed by atoms with Crippen LogP contribution in [0.3, 0.4) is 0 Å². The van der Waals surface area contributed by atoms with Gasteiger partial charge in [-0.3, -0.25) is 9.59 Å². The van der Waals surface area contributed by atoms with Crippen LogP contribution in [-0.4, -0.2) is 16.7 Å². The summed E-state index contributed by atoms with van der Waals surface area (Å²) < 4.78 is 9.94. The van der Waals surface area contributed by atoms with E-state index in [0.717, 1.165) is 10.8 Å². The number of rotatable bonds is 4. The van der Waals surface area contributed by atoms with Crippen molar-refractivity contribution in [2.24, 2.45) is 0 Å². The van der Waals surface area contributed by atoms with Crippen LogP contribution < -0.4 is 0 Å². The maximum Gasteiger partial charge on any atom is 0.250 e. The maximum absolute atomic E-state index is 12.8. The normalized spacial score (nSPS) is 10.8. The Morgan fingerprint density at radius 3 is 2.50 bits per heavy atom. The lowest BCUT2D eigenvalue weighted by Gasteiger charge is -2.02. The van der Waals surface area contributed by atoms with E-state index in [1.165, 1.54) is 18.6 Å². The molecule has 4 rings (SSSR count). The number of furan rings is 1. The molecule has 0 aliphatic heterocycles. The van der Waals surface area contributed by atoms with E-state index in [4.69, 9.17) is 8.94 Å². The lowest BCUT2D eigenvalue weighted by Crippen LogP contribution is -2.09. The Morgan fingerprint density at radius 1 is 0.875 bits per heavy atom. The van der Waals surface area contributed by atoms with Crippen LogP contribution in [0.4, 0.5) is 0 Å². The highest BCUT2D eigenvalue weighted by Gasteiger charge is 2.25. The van der Waals surface area contributed by atoms with Crippen LogP contribution in [0.25, 0.3) is 10.8 Å². The summed E-state index contributed by atoms with van der Waals surface area (Å²) in [6.07, 6.45) is 2.58. The predicted octanol–water partition coefficient (Wildman–Crippen LogP) is 3.88. The Morgan fingerprint density at radius 2 is 1.71 bits per heavy atom. The number of fused-ring (bicyclic) bond motifs is 1. The molecule has 0 radical (unpaired) electrons. The van der Waals surface area contributed by atoms with Crippen molar-refractivity contribution in [2.75, 3.05) is 0 Å². The topological polar surface area (TPSA) is 73.3 Å². The zero-order chi connectivity index (χ0) is 16.5. The van der Waals surface area contributed by atoms with Crippen molar-refractivity contribution in [2.45, 2.75) is 0 Å². The first-order valence-electron chi connectivity index (χ1n) is 7.30. The summed E-state index contributed by atoms with van der Waals surface area (Å²) in [4.78, 5) is 25.1. The number of nitrogens with zero attached hydrogens (tertiary/aromatic N) is 1. The number of carbonyl (C=O) groups is 2. The summed E-state index contributed by atoms with van der Waals surface area (Å²) in [5, 5.41) is 5.65. The van der Waals surface area contributed by atoms with Crippen LogP contribution in [0.15, 0.2) is 76.1 Å². The molecule has 0 amide bonds. The minimum Gasteiger partial charge on any atom is -0.461 e. The molecule has 0 N–H and O–H groups in total. The van der Waals surface area contributed by atoms with Gasteiger partial charge in [-0.1, -0.05) is 41.6 Å². The molecule has 0 spiro atoms. The van der Waals surface area contributed by atoms with Crippen LogP contribution in [0.2, 0.25) is 0 Å². The predicted molar refractivity (Wildman–Crippen MR) is 86.0 cm³/mol. The Labute approximate surface area is 136 Å². The van der Waals surface area contributed by atoms with Crippen LogP contribution in [-0.2, 0) is 0 Å². The van der Waals surface area contributed by atoms with E-state index in [2.05, 4.69) is 5.16 Å². The lowest BCUT2D eigenvalue weighted by molar-refractivity contribution is 0.0983. The third-order valence-corrected chi connectivity index (χ3v) is 3.79. The number of hydrogen-bond acceptors (Lipinski definition) is 5. The molecule has 24 heavy (non-hydrogen) atoms. The molecule has 0 fully saturated rings. The summed E-state index contributed by atoms with van der Waals surface area (Å²) in [7, 11) is 0. The highest BCUT2D eigenvalue weighted by atomic mass is 16.5. The van der Waals surface area contributed by atoms with Gasteiger partial charge in [-0.25, -0.2) is 0 Å². The van der Waals surface area contributed by atoms with Gasteiger partial charge < -0.3 is 8.94 Å². The molecule has 2 aromatic heterocycles. The second kappa shape index (κ2) is 5.62. The monoisotopic (exact) mass is 317 g/mol. The zero-order valence-corrected chi connectivity index (χ0v) is 12.4. The van der Waals surface area contributed by atoms with Crippen molar-refractivity contribution in [3.05, 3.63) is 89.7 Å². The molecule has 116 valence electrons. The highest BCUT2D eigenvalue weighted by Crippen LogP contribution is 2.21. The molecular formula is C19H11NO4. The third kappa shape index (κ3) is 2.32. The quantitative estimate of drug-likeness (QED) is 0.534. The fourth-order valence-corrected chi connectivity index (χ4v) is 2.57. The molecule has 2 heterocycles. The third-order valence-electron chi connectivity index (χ3n) is 3.79. The van der Waals surface area contributed by atoms with Gasteiger partial charge in [-0.2, -0.15) is 0 Å². The molecule has 5 heteroatoms. The van der Waals surface area contributed by atoms with Crippen LogP contribution >= 0.6 is 0 Å². The van der Waals surface area contributed by atoms with Crippen molar-refractivity contribution in [1.29, 1.82) is 0 Å². The largest absolute Gasteiger partial charge is 0.461 e. The molecule has 4 aromatic rings. The highest BCUT2D eigenvalue weighted by molar-refractivity contribution is 6.18. The lowest BCUT2D eigenvalue weighted by atomic mass is 9.99. The zero-order valence-electron chi connectivity index (χ0n) is 12.4. The summed E-state index contributed by atoms with van der Waals surface area (Å²) in [5.41, 5.74) is 0.528. The minimum atomic E-state index is -0.488. The fourth-order valence-electron chi connectivity index (χ4n) is 2.57. The molecule has 0 atom stereocenters. The number of aromatic nitrogens is 1. The second-order valence-corrected chi connectivity index (χ2v) is 5.27. The van der Waals surface area contributed by atoms with Gasteiger partial charge in [0.2, 0.25) is 0 Å². The number of ketones is 2. The molecule has 5 nitrogen and oxygen atoms in total. The van der Waals surface area contributed by atoms with Crippen molar-refractivity contribution in [1.82, 2.24) is 5.16 Å². The standard InChI is InChI=1S/C19H11NO4/c21-18(14-8-7-12-4-1-2-5-13(12)10-14)15-11-24-20-17(15)19(22)16-6-3-9-23-16/h1-11H. The van der Waals surface area contributed by atoms with Gasteiger partial charge in [-0.15, -0.1) is 0 Å². The number of hydrogen-bond donors (Lipinski definition) is 0. The molecule has 0 bridgehead atoms. The average molecular weight is 317 g/mol. The van der Waals surface area contributed by atoms with Gasteiger partial charge in [0.1, 0.15) is 6.26 Å². The van der Waals surface area contributed by atoms with Gasteiger partial charge >= 0.3 is 0 Å². The SMILES string of the molecule is O=C(c1ccc2ccccc2c1)c1conc1C(=O)c1ccco1. The Balaban J connectivity index is 1.74. The van der Waals surface area contributed by atoms with Gasteiger partial charge in [0.25, 0.3) is 5.78 Å². The first-order chi connectivity index (χ1) is 11.7. The molecular weight excluding hydrogens is 306 g/mol. The number of benzene rings is 2. The first kappa shape index (κ1) is 14.1. The average Bonchev–Trinajstić information content (AvgIpc) is 3.31. The first-order valence-corrected chi connectivity index (χ1v) is 7.30. The Bertz CT molecular complexity index is 1040. The van der Waals surface area contributed by atoms with Crippen molar-refractivity contribution in [3.8, 4) is 0 Å². The molecule has 0 saturated carbocycles. The van der Waals surface area contributed by atoms with Crippen LogP contribution in [0, 0.1) is 0 Å². The van der Waals surface area contributed by atoms with E-state index in [0.29, 0.717) is 5.56 Å². The summed E-state index contributed by atoms with van der Waals surface area (Å²) in [6.45, 7) is 0. The van der Waals surface area contributed by atoms with Crippen molar-refractivity contribution in [3.63, 3.8) is 0 Å². The summed E-state index contributed by atoms with van der Waals surface area (Å²) in [6, 6.07) is 16.2. The van der Waals surface area contributed by atoms with Crippen molar-refractivity contribution < 1.29 is 18.5 Å². The van der Waals surface area contributed by atoms with Crippen LogP contribution in [0.1, 0.15) is 32.2 Å². The van der Waals surface area contributed by atoms with E-state index in [9.17, 15) is 9.59 Å². The minimum absolute atomic E-state index is 0.0527. The van der Waals surface area contributed by atoms with E-state index < -0.39 is 5.78 Å². The van der Waals surface area contributed by atoms with Gasteiger partial charge in [-0.05, 0) is 29.0 Å². The molecule has 0 aliphatic carbocycles. The summed E-state index contributed by atoms with van der Waals surface area (Å²) in [5.74, 6) is -0.703. The molecule has 0 aliphatic rings. The van der Waals surface area contributed by atoms with E-state index >= 15 is 0 Å². The van der Waals surface area contributed by atoms with Gasteiger partial charge in [0.15, 0.2) is 17.2 Å². The second-order valence-electron chi connectivity index (χ2n) is 5.27. The maximum atomic E-state index is 12.8. The molecule has 2 aromatic carbocycles. The van der Waals surface area contributed by atoms with E-state index in [-0.39, 0.29) is 22.8 Å². The van der Waals surface area contributed by atoms with Gasteiger partial charge in [0.05, 0.1) is 11.8 Å². The van der Waals surface area contributed by atoms with Gasteiger partial charge in [0, 0.05) is 5.56 Å². The summed E-state index contributed by atoms with van der Waals surface area (Å²) >= 11 is 0. The smallest absolute Gasteiger partial charge is 0.250 e. The van der Waals surface area contributed by atoms with E-state index in [1.807, 2.05) is 30.3 Å². The Hall–Kier alpha value is -3.47. The Kier molecular flexibility index (Phi) is 3.31. The number of carbonyl (C=O) groups excluding carboxylic acids is 2.